The van der Waals surface area contributed by atoms with E-state index in [9.17, 15) is 4.39 Å². The van der Waals surface area contributed by atoms with E-state index in [0.29, 0.717) is 11.3 Å². The van der Waals surface area contributed by atoms with E-state index >= 15 is 0 Å². The number of hydrazone groups is 1. The van der Waals surface area contributed by atoms with E-state index in [4.69, 9.17) is 4.74 Å². The lowest BCUT2D eigenvalue weighted by Crippen LogP contribution is -1.98. The van der Waals surface area contributed by atoms with Gasteiger partial charge < -0.3 is 4.74 Å². The van der Waals surface area contributed by atoms with Gasteiger partial charge in [0.1, 0.15) is 18.2 Å². The third kappa shape index (κ3) is 4.30. The number of rotatable bonds is 6. The van der Waals surface area contributed by atoms with E-state index in [0.717, 1.165) is 20.9 Å². The molecule has 0 amide bonds. The predicted molar refractivity (Wildman–Crippen MR) is 108 cm³/mol. The zero-order valence-corrected chi connectivity index (χ0v) is 15.1. The first kappa shape index (κ1) is 17.2. The fraction of sp³-hybridized carbons (Fsp3) is 0.0476. The van der Waals surface area contributed by atoms with Gasteiger partial charge in [-0.15, -0.1) is 0 Å². The van der Waals surface area contributed by atoms with E-state index in [-0.39, 0.29) is 12.4 Å². The van der Waals surface area contributed by atoms with Gasteiger partial charge in [-0.3, -0.25) is 5.43 Å². The van der Waals surface area contributed by atoms with Gasteiger partial charge >= 0.3 is 0 Å². The van der Waals surface area contributed by atoms with E-state index in [1.807, 2.05) is 48.5 Å². The fourth-order valence-electron chi connectivity index (χ4n) is 2.51. The van der Waals surface area contributed by atoms with Gasteiger partial charge in [-0.25, -0.2) is 9.37 Å². The lowest BCUT2D eigenvalue weighted by atomic mass is 10.2. The van der Waals surface area contributed by atoms with Gasteiger partial charge in [-0.05, 0) is 48.0 Å². The van der Waals surface area contributed by atoms with Gasteiger partial charge in [-0.1, -0.05) is 41.7 Å². The summed E-state index contributed by atoms with van der Waals surface area (Å²) in [5, 5.41) is 4.97. The second-order valence-electron chi connectivity index (χ2n) is 5.81. The first-order valence-electron chi connectivity index (χ1n) is 8.39. The summed E-state index contributed by atoms with van der Waals surface area (Å²) in [6, 6.07) is 22.0. The number of hydrogen-bond donors (Lipinski definition) is 1. The average molecular weight is 377 g/mol. The van der Waals surface area contributed by atoms with Crippen LogP contribution in [0, 0.1) is 5.82 Å². The van der Waals surface area contributed by atoms with Crippen LogP contribution in [0.5, 0.6) is 5.75 Å². The molecule has 4 nitrogen and oxygen atoms in total. The second kappa shape index (κ2) is 7.97. The lowest BCUT2D eigenvalue weighted by molar-refractivity contribution is 0.300. The fourth-order valence-corrected chi connectivity index (χ4v) is 3.32. The van der Waals surface area contributed by atoms with Crippen molar-refractivity contribution in [1.29, 1.82) is 0 Å². The summed E-state index contributed by atoms with van der Waals surface area (Å²) in [6.45, 7) is 0.194. The number of para-hydroxylation sites is 1. The largest absolute Gasteiger partial charge is 0.489 e. The molecule has 0 aliphatic carbocycles. The Labute approximate surface area is 160 Å². The summed E-state index contributed by atoms with van der Waals surface area (Å²) in [7, 11) is 0. The molecule has 0 unspecified atom stereocenters. The smallest absolute Gasteiger partial charge is 0.204 e. The minimum absolute atomic E-state index is 0.194. The molecule has 0 atom stereocenters. The number of thiazole rings is 1. The normalized spacial score (nSPS) is 11.1. The van der Waals surface area contributed by atoms with E-state index in [1.165, 1.54) is 6.07 Å². The monoisotopic (exact) mass is 377 g/mol. The van der Waals surface area contributed by atoms with Crippen LogP contribution in [0.2, 0.25) is 0 Å². The van der Waals surface area contributed by atoms with Gasteiger partial charge in [0.15, 0.2) is 0 Å². The van der Waals surface area contributed by atoms with Gasteiger partial charge in [-0.2, -0.15) is 5.10 Å². The van der Waals surface area contributed by atoms with Crippen LogP contribution in [0.4, 0.5) is 9.52 Å². The van der Waals surface area contributed by atoms with Gasteiger partial charge in [0.2, 0.25) is 5.13 Å². The summed E-state index contributed by atoms with van der Waals surface area (Å²) >= 11 is 1.55. The van der Waals surface area contributed by atoms with Crippen molar-refractivity contribution < 1.29 is 9.13 Å². The third-order valence-corrected chi connectivity index (χ3v) is 4.84. The second-order valence-corrected chi connectivity index (χ2v) is 6.84. The van der Waals surface area contributed by atoms with E-state index in [1.54, 1.807) is 35.8 Å². The molecular formula is C21H16FN3OS. The number of hydrogen-bond acceptors (Lipinski definition) is 5. The van der Waals surface area contributed by atoms with Crippen molar-refractivity contribution in [2.45, 2.75) is 6.61 Å². The number of ether oxygens (including phenoxy) is 1. The number of aromatic nitrogens is 1. The maximum atomic E-state index is 13.6. The Morgan fingerprint density at radius 1 is 1.00 bits per heavy atom. The molecule has 134 valence electrons. The van der Waals surface area contributed by atoms with Crippen molar-refractivity contribution in [3.05, 3.63) is 89.7 Å². The van der Waals surface area contributed by atoms with Crippen molar-refractivity contribution >= 4 is 32.9 Å². The van der Waals surface area contributed by atoms with Crippen LogP contribution in [0.1, 0.15) is 11.1 Å². The molecule has 0 saturated carbocycles. The summed E-state index contributed by atoms with van der Waals surface area (Å²) in [5.74, 6) is 0.414. The predicted octanol–water partition coefficient (Wildman–Crippen LogP) is 5.46. The first-order valence-corrected chi connectivity index (χ1v) is 9.20. The Morgan fingerprint density at radius 2 is 1.78 bits per heavy atom. The maximum absolute atomic E-state index is 13.6. The van der Waals surface area contributed by atoms with Crippen molar-refractivity contribution in [1.82, 2.24) is 4.98 Å². The molecule has 4 rings (SSSR count). The van der Waals surface area contributed by atoms with Crippen LogP contribution in [0.15, 0.2) is 77.9 Å². The zero-order chi connectivity index (χ0) is 18.5. The molecule has 0 spiro atoms. The van der Waals surface area contributed by atoms with Gasteiger partial charge in [0.05, 0.1) is 16.4 Å². The number of benzene rings is 3. The minimum Gasteiger partial charge on any atom is -0.489 e. The molecule has 0 bridgehead atoms. The van der Waals surface area contributed by atoms with Gasteiger partial charge in [0, 0.05) is 5.56 Å². The van der Waals surface area contributed by atoms with Crippen LogP contribution in [-0.4, -0.2) is 11.2 Å². The van der Waals surface area contributed by atoms with E-state index in [2.05, 4.69) is 15.5 Å². The summed E-state index contributed by atoms with van der Waals surface area (Å²) in [4.78, 5) is 4.46. The number of anilines is 1. The molecule has 3 aromatic carbocycles. The highest BCUT2D eigenvalue weighted by atomic mass is 32.1. The quantitative estimate of drug-likeness (QED) is 0.358. The molecule has 0 saturated heterocycles. The van der Waals surface area contributed by atoms with Crippen LogP contribution in [0.25, 0.3) is 10.2 Å². The average Bonchev–Trinajstić information content (AvgIpc) is 3.11. The molecular weight excluding hydrogens is 361 g/mol. The summed E-state index contributed by atoms with van der Waals surface area (Å²) < 4.78 is 20.3. The van der Waals surface area contributed by atoms with Crippen LogP contribution in [0.3, 0.4) is 0 Å². The van der Waals surface area contributed by atoms with Crippen molar-refractivity contribution in [3.8, 4) is 5.75 Å². The maximum Gasteiger partial charge on any atom is 0.204 e. The number of nitrogens with one attached hydrogen (secondary N) is 1. The molecule has 0 fully saturated rings. The molecule has 27 heavy (non-hydrogen) atoms. The molecule has 1 N–H and O–H groups in total. The standard InChI is InChI=1S/C21H16FN3OS/c22-18-6-2-1-5-16(18)14-26-17-11-9-15(10-12-17)13-23-25-21-24-19-7-3-4-8-20(19)27-21/h1-13H,14H2,(H,24,25)/b23-13+. The van der Waals surface area contributed by atoms with Crippen molar-refractivity contribution in [3.63, 3.8) is 0 Å². The Hall–Kier alpha value is -3.25. The highest BCUT2D eigenvalue weighted by Crippen LogP contribution is 2.25. The first-order chi connectivity index (χ1) is 13.3. The molecule has 0 aliphatic heterocycles. The topological polar surface area (TPSA) is 46.5 Å². The summed E-state index contributed by atoms with van der Waals surface area (Å²) in [5.41, 5.74) is 5.36. The summed E-state index contributed by atoms with van der Waals surface area (Å²) in [6.07, 6.45) is 1.71. The van der Waals surface area contributed by atoms with Crippen molar-refractivity contribution in [2.75, 3.05) is 5.43 Å². The third-order valence-electron chi connectivity index (χ3n) is 3.90. The Bertz CT molecular complexity index is 1040. The van der Waals surface area contributed by atoms with Gasteiger partial charge in [0.25, 0.3) is 0 Å². The molecule has 1 aromatic heterocycles. The Morgan fingerprint density at radius 3 is 2.59 bits per heavy atom. The van der Waals surface area contributed by atoms with Crippen LogP contribution < -0.4 is 10.2 Å². The SMILES string of the molecule is Fc1ccccc1COc1ccc(/C=N/Nc2nc3ccccc3s2)cc1. The highest BCUT2D eigenvalue weighted by Gasteiger charge is 2.02. The molecule has 0 radical (unpaired) electrons. The number of fused-ring (bicyclic) bond motifs is 1. The Balaban J connectivity index is 1.34. The molecule has 1 heterocycles. The highest BCUT2D eigenvalue weighted by molar-refractivity contribution is 7.22. The van der Waals surface area contributed by atoms with Crippen LogP contribution >= 0.6 is 11.3 Å². The van der Waals surface area contributed by atoms with E-state index < -0.39 is 0 Å². The molecule has 6 heteroatoms. The number of nitrogens with zero attached hydrogens (tertiary/aromatic N) is 2. The molecule has 4 aromatic rings. The number of halogens is 1. The van der Waals surface area contributed by atoms with Crippen LogP contribution in [-0.2, 0) is 6.61 Å². The minimum atomic E-state index is -0.262. The zero-order valence-electron chi connectivity index (χ0n) is 14.3. The van der Waals surface area contributed by atoms with Crippen molar-refractivity contribution in [2.24, 2.45) is 5.10 Å². The Kier molecular flexibility index (Phi) is 5.07. The lowest BCUT2D eigenvalue weighted by Gasteiger charge is -2.07. The molecule has 0 aliphatic rings.